The Labute approximate surface area is 185 Å². The molecule has 4 rings (SSSR count). The molecular weight excluding hydrogens is 410 g/mol. The molecule has 0 saturated carbocycles. The van der Waals surface area contributed by atoms with Crippen molar-refractivity contribution >= 4 is 15.9 Å². The van der Waals surface area contributed by atoms with Crippen molar-refractivity contribution < 1.29 is 13.2 Å². The molecule has 1 amide bonds. The summed E-state index contributed by atoms with van der Waals surface area (Å²) in [6, 6.07) is 14.6. The van der Waals surface area contributed by atoms with E-state index >= 15 is 0 Å². The average molecular weight is 442 g/mol. The van der Waals surface area contributed by atoms with Crippen LogP contribution in [0, 0.1) is 0 Å². The lowest BCUT2D eigenvalue weighted by molar-refractivity contribution is 0.0950. The molecule has 2 heterocycles. The molecule has 166 valence electrons. The minimum atomic E-state index is -3.56. The van der Waals surface area contributed by atoms with E-state index in [2.05, 4.69) is 16.3 Å². The van der Waals surface area contributed by atoms with Crippen molar-refractivity contribution in [1.29, 1.82) is 0 Å². The first kappa shape index (κ1) is 22.0. The molecule has 0 aliphatic carbocycles. The summed E-state index contributed by atoms with van der Waals surface area (Å²) in [7, 11) is -3.56. The zero-order valence-corrected chi connectivity index (χ0v) is 18.7. The number of carbonyl (C=O) groups is 1. The Balaban J connectivity index is 1.43. The van der Waals surface area contributed by atoms with Gasteiger partial charge in [0.2, 0.25) is 10.0 Å². The van der Waals surface area contributed by atoms with E-state index in [0.717, 1.165) is 44.5 Å². The molecule has 7 heteroatoms. The summed E-state index contributed by atoms with van der Waals surface area (Å²) < 4.78 is 27.4. The average Bonchev–Trinajstić information content (AvgIpc) is 3.32. The van der Waals surface area contributed by atoms with Gasteiger partial charge in [-0.2, -0.15) is 4.31 Å². The van der Waals surface area contributed by atoms with E-state index in [1.54, 1.807) is 18.2 Å². The number of sulfonamides is 1. The highest BCUT2D eigenvalue weighted by molar-refractivity contribution is 7.89. The predicted octanol–water partition coefficient (Wildman–Crippen LogP) is 3.39. The number of nitrogens with zero attached hydrogens (tertiary/aromatic N) is 2. The van der Waals surface area contributed by atoms with Crippen molar-refractivity contribution in [1.82, 2.24) is 14.5 Å². The van der Waals surface area contributed by atoms with Gasteiger partial charge in [-0.1, -0.05) is 36.8 Å². The summed E-state index contributed by atoms with van der Waals surface area (Å²) in [6.45, 7) is 4.67. The topological polar surface area (TPSA) is 69.7 Å². The van der Waals surface area contributed by atoms with Crippen molar-refractivity contribution in [2.24, 2.45) is 0 Å². The fourth-order valence-electron chi connectivity index (χ4n) is 4.40. The van der Waals surface area contributed by atoms with Crippen molar-refractivity contribution in [3.8, 4) is 0 Å². The highest BCUT2D eigenvalue weighted by atomic mass is 32.2. The van der Waals surface area contributed by atoms with Crippen LogP contribution in [0.2, 0.25) is 0 Å². The molecule has 1 N–H and O–H groups in total. The van der Waals surface area contributed by atoms with E-state index in [-0.39, 0.29) is 10.8 Å². The zero-order valence-electron chi connectivity index (χ0n) is 17.9. The number of amides is 1. The maximum Gasteiger partial charge on any atom is 0.251 e. The maximum atomic E-state index is 12.9. The van der Waals surface area contributed by atoms with Gasteiger partial charge in [0.1, 0.15) is 0 Å². The molecule has 2 aliphatic rings. The summed E-state index contributed by atoms with van der Waals surface area (Å²) >= 11 is 0. The lowest BCUT2D eigenvalue weighted by atomic mass is 10.1. The summed E-state index contributed by atoms with van der Waals surface area (Å²) in [6.07, 6.45) is 5.32. The summed E-state index contributed by atoms with van der Waals surface area (Å²) in [5, 5.41) is 2.97. The lowest BCUT2D eigenvalue weighted by Crippen LogP contribution is -2.35. The van der Waals surface area contributed by atoms with E-state index in [1.807, 2.05) is 18.2 Å². The van der Waals surface area contributed by atoms with E-state index in [0.29, 0.717) is 25.2 Å². The number of rotatable bonds is 7. The van der Waals surface area contributed by atoms with Gasteiger partial charge in [-0.25, -0.2) is 8.42 Å². The molecule has 0 bridgehead atoms. The van der Waals surface area contributed by atoms with Crippen molar-refractivity contribution in [2.75, 3.05) is 26.2 Å². The Morgan fingerprint density at radius 1 is 0.839 bits per heavy atom. The Morgan fingerprint density at radius 3 is 2.26 bits per heavy atom. The van der Waals surface area contributed by atoms with E-state index < -0.39 is 10.0 Å². The Hall–Kier alpha value is -2.22. The third-order valence-electron chi connectivity index (χ3n) is 6.20. The predicted molar refractivity (Wildman–Crippen MR) is 121 cm³/mol. The Kier molecular flexibility index (Phi) is 7.05. The first-order chi connectivity index (χ1) is 15.0. The number of likely N-dealkylation sites (tertiary alicyclic amines) is 1. The molecule has 2 aromatic carbocycles. The molecule has 0 atom stereocenters. The summed E-state index contributed by atoms with van der Waals surface area (Å²) in [5.74, 6) is -0.258. The van der Waals surface area contributed by atoms with Crippen LogP contribution in [0.1, 0.15) is 53.6 Å². The normalized spacial score (nSPS) is 18.2. The van der Waals surface area contributed by atoms with Gasteiger partial charge in [0.05, 0.1) is 4.90 Å². The zero-order chi connectivity index (χ0) is 21.7. The molecule has 0 spiro atoms. The second-order valence-electron chi connectivity index (χ2n) is 8.43. The smallest absolute Gasteiger partial charge is 0.251 e. The van der Waals surface area contributed by atoms with Gasteiger partial charge >= 0.3 is 0 Å². The van der Waals surface area contributed by atoms with Gasteiger partial charge in [0, 0.05) is 31.7 Å². The highest BCUT2D eigenvalue weighted by Gasteiger charge is 2.26. The van der Waals surface area contributed by atoms with Gasteiger partial charge in [0.15, 0.2) is 0 Å². The largest absolute Gasteiger partial charge is 0.348 e. The van der Waals surface area contributed by atoms with Gasteiger partial charge in [-0.3, -0.25) is 9.69 Å². The summed E-state index contributed by atoms with van der Waals surface area (Å²) in [4.78, 5) is 15.4. The quantitative estimate of drug-likeness (QED) is 0.715. The van der Waals surface area contributed by atoms with Crippen LogP contribution >= 0.6 is 0 Å². The van der Waals surface area contributed by atoms with Crippen molar-refractivity contribution in [3.63, 3.8) is 0 Å². The van der Waals surface area contributed by atoms with E-state index in [1.165, 1.54) is 28.8 Å². The maximum absolute atomic E-state index is 12.9. The van der Waals surface area contributed by atoms with Crippen molar-refractivity contribution in [2.45, 2.75) is 50.1 Å². The minimum Gasteiger partial charge on any atom is -0.348 e. The number of piperidine rings is 1. The number of hydrogen-bond acceptors (Lipinski definition) is 4. The molecule has 6 nitrogen and oxygen atoms in total. The third kappa shape index (κ3) is 5.34. The van der Waals surface area contributed by atoms with Gasteiger partial charge in [-0.05, 0) is 68.1 Å². The monoisotopic (exact) mass is 441 g/mol. The van der Waals surface area contributed by atoms with Crippen LogP contribution in [0.15, 0.2) is 53.4 Å². The molecule has 2 aromatic rings. The van der Waals surface area contributed by atoms with E-state index in [9.17, 15) is 13.2 Å². The van der Waals surface area contributed by atoms with Crippen LogP contribution in [0.25, 0.3) is 0 Å². The number of hydrogen-bond donors (Lipinski definition) is 1. The van der Waals surface area contributed by atoms with Crippen LogP contribution in [0.3, 0.4) is 0 Å². The molecule has 0 unspecified atom stereocenters. The van der Waals surface area contributed by atoms with Crippen LogP contribution < -0.4 is 5.32 Å². The molecule has 2 fully saturated rings. The lowest BCUT2D eigenvalue weighted by Gasteiger charge is -2.26. The number of benzene rings is 2. The standard InChI is InChI=1S/C24H31N3O3S/c28-24(25-18-21-9-2-3-10-22(21)19-26-13-6-7-14-26)20-11-8-12-23(17-20)31(29,30)27-15-4-1-5-16-27/h2-3,8-12,17H,1,4-7,13-16,18-19H2,(H,25,28). The molecule has 0 aromatic heterocycles. The highest BCUT2D eigenvalue weighted by Crippen LogP contribution is 2.21. The number of carbonyl (C=O) groups excluding carboxylic acids is 1. The second kappa shape index (κ2) is 9.94. The van der Waals surface area contributed by atoms with Gasteiger partial charge < -0.3 is 5.32 Å². The van der Waals surface area contributed by atoms with Crippen LogP contribution in [-0.4, -0.2) is 49.7 Å². The minimum absolute atomic E-state index is 0.191. The number of nitrogens with one attached hydrogen (secondary N) is 1. The van der Waals surface area contributed by atoms with Crippen LogP contribution in [0.5, 0.6) is 0 Å². The molecular formula is C24H31N3O3S. The van der Waals surface area contributed by atoms with Crippen LogP contribution in [0.4, 0.5) is 0 Å². The Bertz CT molecular complexity index is 1010. The fourth-order valence-corrected chi connectivity index (χ4v) is 5.96. The second-order valence-corrected chi connectivity index (χ2v) is 10.4. The van der Waals surface area contributed by atoms with Crippen LogP contribution in [-0.2, 0) is 23.1 Å². The molecule has 31 heavy (non-hydrogen) atoms. The van der Waals surface area contributed by atoms with Gasteiger partial charge in [0.25, 0.3) is 5.91 Å². The first-order valence-electron chi connectivity index (χ1n) is 11.2. The van der Waals surface area contributed by atoms with E-state index in [4.69, 9.17) is 0 Å². The SMILES string of the molecule is O=C(NCc1ccccc1CN1CCCC1)c1cccc(S(=O)(=O)N2CCCCC2)c1. The molecule has 0 radical (unpaired) electrons. The van der Waals surface area contributed by atoms with Gasteiger partial charge in [-0.15, -0.1) is 0 Å². The molecule has 2 saturated heterocycles. The molecule has 2 aliphatic heterocycles. The summed E-state index contributed by atoms with van der Waals surface area (Å²) in [5.41, 5.74) is 2.70. The fraction of sp³-hybridized carbons (Fsp3) is 0.458. The Morgan fingerprint density at radius 2 is 1.52 bits per heavy atom. The first-order valence-corrected chi connectivity index (χ1v) is 12.7. The third-order valence-corrected chi connectivity index (χ3v) is 8.09. The van der Waals surface area contributed by atoms with Crippen molar-refractivity contribution in [3.05, 3.63) is 65.2 Å².